The number of benzene rings is 4. The lowest BCUT2D eigenvalue weighted by Crippen LogP contribution is -2.14. The fourth-order valence-corrected chi connectivity index (χ4v) is 5.51. The van der Waals surface area contributed by atoms with Crippen molar-refractivity contribution in [2.24, 2.45) is 9.98 Å². The monoisotopic (exact) mass is 792 g/mol. The number of nitrogens with one attached hydrogen (secondary N) is 1. The maximum Gasteiger partial charge on any atom is 0.145 e. The molecule has 306 valence electrons. The van der Waals surface area contributed by atoms with Crippen molar-refractivity contribution in [1.82, 2.24) is 10.3 Å². The molecule has 1 aliphatic rings. The summed E-state index contributed by atoms with van der Waals surface area (Å²) >= 11 is 0. The van der Waals surface area contributed by atoms with Gasteiger partial charge >= 0.3 is 0 Å². The number of rotatable bonds is 8. The molecule has 1 aromatic heterocycles. The topological polar surface area (TPSA) is 133 Å². The number of aromatic nitrogens is 1. The quantitative estimate of drug-likeness (QED) is 0.168. The van der Waals surface area contributed by atoms with E-state index in [1.165, 1.54) is 0 Å². The minimum absolute atomic E-state index is 0.418. The molecule has 0 saturated carbocycles. The molecule has 6 rings (SSSR count). The Morgan fingerprint density at radius 2 is 0.845 bits per heavy atom. The molecule has 2 bridgehead atoms. The molecule has 0 spiro atoms. The van der Waals surface area contributed by atoms with Crippen LogP contribution in [0.3, 0.4) is 0 Å². The predicted octanol–water partition coefficient (Wildman–Crippen LogP) is 7.41. The smallest absolute Gasteiger partial charge is 0.145 e. The second-order valence-corrected chi connectivity index (χ2v) is 12.5. The van der Waals surface area contributed by atoms with Crippen LogP contribution in [0.15, 0.2) is 113 Å². The van der Waals surface area contributed by atoms with Crippen LogP contribution in [0.1, 0.15) is 22.5 Å². The Labute approximate surface area is 340 Å². The second-order valence-electron chi connectivity index (χ2n) is 12.5. The molecular weight excluding hydrogens is 741 g/mol. The van der Waals surface area contributed by atoms with Gasteiger partial charge in [0, 0.05) is 25.2 Å². The summed E-state index contributed by atoms with van der Waals surface area (Å²) in [5, 5.41) is 3.40. The average Bonchev–Trinajstić information content (AvgIpc) is 3.27. The first-order valence-electron chi connectivity index (χ1n) is 18.9. The zero-order valence-corrected chi connectivity index (χ0v) is 33.6. The molecule has 0 fully saturated rings. The summed E-state index contributed by atoms with van der Waals surface area (Å²) in [7, 11) is 6.59. The molecule has 0 unspecified atom stereocenters. The third-order valence-electron chi connectivity index (χ3n) is 8.39. The summed E-state index contributed by atoms with van der Waals surface area (Å²) in [6.45, 7) is 5.13. The maximum absolute atomic E-state index is 5.86. The van der Waals surface area contributed by atoms with Crippen molar-refractivity contribution in [3.05, 3.63) is 126 Å². The third-order valence-corrected chi connectivity index (χ3v) is 8.39. The Morgan fingerprint density at radius 1 is 0.466 bits per heavy atom. The van der Waals surface area contributed by atoms with Crippen molar-refractivity contribution in [3.63, 3.8) is 0 Å². The number of para-hydroxylation sites is 4. The van der Waals surface area contributed by atoms with Gasteiger partial charge < -0.3 is 47.9 Å². The molecule has 0 atom stereocenters. The number of methoxy groups -OCH3 is 4. The Balaban J connectivity index is 0.000000242. The number of pyridine rings is 1. The molecule has 13 heteroatoms. The molecular formula is C45H52N4O9. The first-order valence-corrected chi connectivity index (χ1v) is 18.9. The Hall–Kier alpha value is -5.99. The van der Waals surface area contributed by atoms with E-state index >= 15 is 0 Å². The number of hydrogen-bond acceptors (Lipinski definition) is 13. The van der Waals surface area contributed by atoms with Crippen LogP contribution in [0, 0.1) is 0 Å². The number of fused-ring (bicyclic) bond motifs is 4. The highest BCUT2D eigenvalue weighted by Gasteiger charge is 2.06. The minimum atomic E-state index is 0.418. The van der Waals surface area contributed by atoms with Crippen molar-refractivity contribution in [2.75, 3.05) is 81.3 Å². The fourth-order valence-electron chi connectivity index (χ4n) is 5.51. The van der Waals surface area contributed by atoms with E-state index in [0.717, 1.165) is 45.5 Å². The molecule has 0 radical (unpaired) electrons. The average molecular weight is 793 g/mol. The molecule has 1 N–H and O–H groups in total. The molecule has 0 aliphatic carbocycles. The zero-order chi connectivity index (χ0) is 40.6. The van der Waals surface area contributed by atoms with Gasteiger partial charge in [0.05, 0.1) is 91.9 Å². The fraction of sp³-hybridized carbons (Fsp3) is 0.311. The van der Waals surface area contributed by atoms with E-state index < -0.39 is 0 Å². The van der Waals surface area contributed by atoms with E-state index in [1.54, 1.807) is 40.9 Å². The first-order chi connectivity index (χ1) is 28.6. The molecule has 2 heterocycles. The van der Waals surface area contributed by atoms with Crippen LogP contribution in [-0.4, -0.2) is 98.7 Å². The largest absolute Gasteiger partial charge is 0.497 e. The third kappa shape index (κ3) is 14.8. The standard InChI is InChI=1S/C27H29N3O5.C18H23NO4/c1-3-10-26-24(8-1)28-20-22-6-5-7-23(30-22)21-29-25-9-2-4-11-27(25)35-19-17-33-15-13-31-12-14-32-16-18-34-26;1-20-15-5-13(6-16(9-15)21-2)11-19-12-14-7-17(22-3)10-18(8-14)23-4/h1-11,20-21H,12-19H2;5-10,19H,11-12H2,1-4H3. The molecule has 0 amide bonds. The van der Waals surface area contributed by atoms with Gasteiger partial charge in [-0.25, -0.2) is 4.98 Å². The van der Waals surface area contributed by atoms with E-state index in [0.29, 0.717) is 88.8 Å². The number of ether oxygens (including phenoxy) is 9. The van der Waals surface area contributed by atoms with Crippen LogP contribution >= 0.6 is 0 Å². The number of hydrogen-bond donors (Lipinski definition) is 1. The van der Waals surface area contributed by atoms with Crippen molar-refractivity contribution >= 4 is 23.8 Å². The van der Waals surface area contributed by atoms with Gasteiger partial charge in [-0.3, -0.25) is 9.98 Å². The lowest BCUT2D eigenvalue weighted by atomic mass is 10.1. The summed E-state index contributed by atoms with van der Waals surface area (Å²) in [4.78, 5) is 13.8. The van der Waals surface area contributed by atoms with Crippen LogP contribution in [0.5, 0.6) is 34.5 Å². The van der Waals surface area contributed by atoms with Gasteiger partial charge in [-0.1, -0.05) is 30.3 Å². The van der Waals surface area contributed by atoms with E-state index in [1.807, 2.05) is 103 Å². The molecule has 5 aromatic rings. The second kappa shape index (κ2) is 24.6. The summed E-state index contributed by atoms with van der Waals surface area (Å²) < 4.78 is 49.5. The van der Waals surface area contributed by atoms with E-state index in [4.69, 9.17) is 42.6 Å². The summed E-state index contributed by atoms with van der Waals surface area (Å²) in [6, 6.07) is 32.6. The van der Waals surface area contributed by atoms with Crippen LogP contribution in [0.2, 0.25) is 0 Å². The lowest BCUT2D eigenvalue weighted by molar-refractivity contribution is 0.00504. The molecule has 13 nitrogen and oxygen atoms in total. The van der Waals surface area contributed by atoms with Crippen molar-refractivity contribution in [3.8, 4) is 34.5 Å². The molecule has 4 aromatic carbocycles. The summed E-state index contributed by atoms with van der Waals surface area (Å²) in [5.74, 6) is 4.50. The number of aliphatic imine (C=N–C) groups is 2. The lowest BCUT2D eigenvalue weighted by Gasteiger charge is -2.11. The first kappa shape index (κ1) is 43.1. The van der Waals surface area contributed by atoms with Crippen LogP contribution in [0.4, 0.5) is 11.4 Å². The summed E-state index contributed by atoms with van der Waals surface area (Å²) in [6.07, 6.45) is 3.42. The summed E-state index contributed by atoms with van der Waals surface area (Å²) in [5.41, 5.74) is 5.05. The van der Waals surface area contributed by atoms with Crippen molar-refractivity contribution in [1.29, 1.82) is 0 Å². The van der Waals surface area contributed by atoms with Crippen LogP contribution < -0.4 is 33.7 Å². The normalized spacial score (nSPS) is 13.8. The van der Waals surface area contributed by atoms with Gasteiger partial charge in [0.1, 0.15) is 59.1 Å². The predicted molar refractivity (Wildman–Crippen MR) is 225 cm³/mol. The Morgan fingerprint density at radius 3 is 1.24 bits per heavy atom. The maximum atomic E-state index is 5.86. The van der Waals surface area contributed by atoms with Crippen LogP contribution in [0.25, 0.3) is 0 Å². The van der Waals surface area contributed by atoms with Crippen LogP contribution in [-0.2, 0) is 27.3 Å². The van der Waals surface area contributed by atoms with Gasteiger partial charge in [0.15, 0.2) is 0 Å². The minimum Gasteiger partial charge on any atom is -0.497 e. The highest BCUT2D eigenvalue weighted by Crippen LogP contribution is 2.28. The van der Waals surface area contributed by atoms with Crippen molar-refractivity contribution < 1.29 is 42.6 Å². The highest BCUT2D eigenvalue weighted by atomic mass is 16.6. The Kier molecular flexibility index (Phi) is 18.3. The SMILES string of the molecule is C1=Nc2ccccc2OCCOCCOCCOCCOc2ccccc2N=Cc2cccc1n2.COc1cc(CNCc2cc(OC)cc(OC)c2)cc(OC)c1. The van der Waals surface area contributed by atoms with Crippen molar-refractivity contribution in [2.45, 2.75) is 13.1 Å². The van der Waals surface area contributed by atoms with E-state index in [-0.39, 0.29) is 0 Å². The molecule has 1 aliphatic heterocycles. The Bertz CT molecular complexity index is 1860. The van der Waals surface area contributed by atoms with Gasteiger partial charge in [-0.05, 0) is 71.8 Å². The van der Waals surface area contributed by atoms with Gasteiger partial charge in [-0.2, -0.15) is 0 Å². The van der Waals surface area contributed by atoms with Gasteiger partial charge in [0.25, 0.3) is 0 Å². The van der Waals surface area contributed by atoms with E-state index in [2.05, 4.69) is 20.3 Å². The van der Waals surface area contributed by atoms with E-state index in [9.17, 15) is 0 Å². The highest BCUT2D eigenvalue weighted by molar-refractivity contribution is 5.84. The molecule has 0 saturated heterocycles. The van der Waals surface area contributed by atoms with Gasteiger partial charge in [0.2, 0.25) is 0 Å². The number of nitrogens with zero attached hydrogens (tertiary/aromatic N) is 3. The molecule has 58 heavy (non-hydrogen) atoms. The zero-order valence-electron chi connectivity index (χ0n) is 33.6. The van der Waals surface area contributed by atoms with Gasteiger partial charge in [-0.15, -0.1) is 0 Å².